The van der Waals surface area contributed by atoms with E-state index >= 15 is 0 Å². The third kappa shape index (κ3) is 3.96. The van der Waals surface area contributed by atoms with Crippen molar-refractivity contribution in [2.45, 2.75) is 18.5 Å². The molecule has 2 aromatic rings. The van der Waals surface area contributed by atoms with Crippen molar-refractivity contribution < 1.29 is 9.90 Å². The molecule has 4 heteroatoms. The average molecular weight is 296 g/mol. The summed E-state index contributed by atoms with van der Waals surface area (Å²) in [6.45, 7) is 3.72. The summed E-state index contributed by atoms with van der Waals surface area (Å²) in [5.74, 6) is -0.0560. The molecule has 22 heavy (non-hydrogen) atoms. The predicted molar refractivity (Wildman–Crippen MR) is 87.2 cm³/mol. The Labute approximate surface area is 130 Å². The van der Waals surface area contributed by atoms with E-state index in [0.29, 0.717) is 6.42 Å². The van der Waals surface area contributed by atoms with E-state index < -0.39 is 6.04 Å². The van der Waals surface area contributed by atoms with E-state index in [9.17, 15) is 9.90 Å². The Morgan fingerprint density at radius 2 is 1.77 bits per heavy atom. The van der Waals surface area contributed by atoms with Crippen molar-refractivity contribution in [1.29, 1.82) is 0 Å². The molecule has 0 aliphatic carbocycles. The number of rotatable bonds is 6. The van der Waals surface area contributed by atoms with Gasteiger partial charge < -0.3 is 16.2 Å². The van der Waals surface area contributed by atoms with Gasteiger partial charge in [-0.3, -0.25) is 4.79 Å². The van der Waals surface area contributed by atoms with Crippen LogP contribution in [0.3, 0.4) is 0 Å². The molecule has 114 valence electrons. The first kappa shape index (κ1) is 15.8. The van der Waals surface area contributed by atoms with Gasteiger partial charge in [-0.15, -0.1) is 6.58 Å². The predicted octanol–water partition coefficient (Wildman–Crippen LogP) is 2.83. The number of phenolic OH excluding ortho intramolecular Hbond substituents is 1. The van der Waals surface area contributed by atoms with Crippen LogP contribution in [0.25, 0.3) is 0 Å². The van der Waals surface area contributed by atoms with Crippen LogP contribution in [-0.4, -0.2) is 11.0 Å². The molecule has 4 nitrogen and oxygen atoms in total. The first-order valence-corrected chi connectivity index (χ1v) is 7.12. The largest absolute Gasteiger partial charge is 0.508 e. The fourth-order valence-electron chi connectivity index (χ4n) is 2.22. The first-order valence-electron chi connectivity index (χ1n) is 7.12. The Morgan fingerprint density at radius 1 is 1.14 bits per heavy atom. The molecule has 2 rings (SSSR count). The highest BCUT2D eigenvalue weighted by Crippen LogP contribution is 2.21. The standard InChI is InChI=1S/C18H20N2O2/c1-2-6-16(13-9-11-15(21)12-10-13)20-18(22)17(19)14-7-4-3-5-8-14/h2-5,7-12,16-17,21H,1,6,19H2,(H,20,22)/t16-,17-/m1/s1. The maximum atomic E-state index is 12.3. The van der Waals surface area contributed by atoms with E-state index in [1.807, 2.05) is 30.3 Å². The minimum Gasteiger partial charge on any atom is -0.508 e. The van der Waals surface area contributed by atoms with Gasteiger partial charge in [0.25, 0.3) is 0 Å². The topological polar surface area (TPSA) is 75.4 Å². The summed E-state index contributed by atoms with van der Waals surface area (Å²) in [6, 6.07) is 15.0. The van der Waals surface area contributed by atoms with Crippen LogP contribution in [0.2, 0.25) is 0 Å². The normalized spacial score (nSPS) is 13.1. The highest BCUT2D eigenvalue weighted by atomic mass is 16.3. The van der Waals surface area contributed by atoms with Gasteiger partial charge in [-0.2, -0.15) is 0 Å². The Morgan fingerprint density at radius 3 is 2.36 bits per heavy atom. The van der Waals surface area contributed by atoms with Crippen LogP contribution in [0.5, 0.6) is 5.75 Å². The highest BCUT2D eigenvalue weighted by molar-refractivity contribution is 5.83. The van der Waals surface area contributed by atoms with Crippen molar-refractivity contribution in [3.05, 3.63) is 78.4 Å². The van der Waals surface area contributed by atoms with Crippen LogP contribution >= 0.6 is 0 Å². The number of phenols is 1. The lowest BCUT2D eigenvalue weighted by atomic mass is 10.0. The molecule has 0 spiro atoms. The molecular weight excluding hydrogens is 276 g/mol. The molecule has 4 N–H and O–H groups in total. The smallest absolute Gasteiger partial charge is 0.242 e. The monoisotopic (exact) mass is 296 g/mol. The third-order valence-corrected chi connectivity index (χ3v) is 3.46. The Bertz CT molecular complexity index is 623. The lowest BCUT2D eigenvalue weighted by Crippen LogP contribution is -2.36. The summed E-state index contributed by atoms with van der Waals surface area (Å²) in [6.07, 6.45) is 2.32. The Balaban J connectivity index is 2.12. The summed E-state index contributed by atoms with van der Waals surface area (Å²) < 4.78 is 0. The SMILES string of the molecule is C=CC[C@@H](NC(=O)[C@H](N)c1ccccc1)c1ccc(O)cc1. The number of aromatic hydroxyl groups is 1. The number of amides is 1. The zero-order valence-corrected chi connectivity index (χ0v) is 12.3. The van der Waals surface area contributed by atoms with E-state index in [0.717, 1.165) is 11.1 Å². The summed E-state index contributed by atoms with van der Waals surface area (Å²) in [5.41, 5.74) is 7.67. The lowest BCUT2D eigenvalue weighted by Gasteiger charge is -2.20. The van der Waals surface area contributed by atoms with Crippen LogP contribution in [0.1, 0.15) is 29.6 Å². The maximum absolute atomic E-state index is 12.3. The van der Waals surface area contributed by atoms with Crippen LogP contribution in [0.4, 0.5) is 0 Å². The number of benzene rings is 2. The van der Waals surface area contributed by atoms with E-state index in [1.54, 1.807) is 30.3 Å². The molecule has 0 bridgehead atoms. The van der Waals surface area contributed by atoms with E-state index in [4.69, 9.17) is 5.73 Å². The molecule has 0 unspecified atom stereocenters. The second-order valence-electron chi connectivity index (χ2n) is 5.07. The van der Waals surface area contributed by atoms with Gasteiger partial charge in [-0.1, -0.05) is 48.5 Å². The second-order valence-corrected chi connectivity index (χ2v) is 5.07. The molecule has 0 aromatic heterocycles. The van der Waals surface area contributed by atoms with Gasteiger partial charge in [0.1, 0.15) is 11.8 Å². The van der Waals surface area contributed by atoms with Gasteiger partial charge >= 0.3 is 0 Å². The minimum absolute atomic E-state index is 0.188. The van der Waals surface area contributed by atoms with Crippen LogP contribution in [-0.2, 0) is 4.79 Å². The van der Waals surface area contributed by atoms with Gasteiger partial charge in [0, 0.05) is 0 Å². The zero-order chi connectivity index (χ0) is 15.9. The molecular formula is C18H20N2O2. The van der Waals surface area contributed by atoms with Crippen molar-refractivity contribution in [2.75, 3.05) is 0 Å². The van der Waals surface area contributed by atoms with Gasteiger partial charge in [-0.05, 0) is 29.7 Å². The number of nitrogens with one attached hydrogen (secondary N) is 1. The summed E-state index contributed by atoms with van der Waals surface area (Å²) in [4.78, 5) is 12.3. The van der Waals surface area contributed by atoms with Crippen molar-refractivity contribution in [3.8, 4) is 5.75 Å². The fourth-order valence-corrected chi connectivity index (χ4v) is 2.22. The maximum Gasteiger partial charge on any atom is 0.242 e. The summed E-state index contributed by atoms with van der Waals surface area (Å²) in [7, 11) is 0. The molecule has 0 radical (unpaired) electrons. The lowest BCUT2D eigenvalue weighted by molar-refractivity contribution is -0.123. The van der Waals surface area contributed by atoms with Crippen LogP contribution < -0.4 is 11.1 Å². The molecule has 0 aliphatic heterocycles. The van der Waals surface area contributed by atoms with E-state index in [2.05, 4.69) is 11.9 Å². The average Bonchev–Trinajstić information content (AvgIpc) is 2.55. The second kappa shape index (κ2) is 7.43. The first-order chi connectivity index (χ1) is 10.6. The number of nitrogens with two attached hydrogens (primary N) is 1. The molecule has 0 fully saturated rings. The van der Waals surface area contributed by atoms with Crippen molar-refractivity contribution >= 4 is 5.91 Å². The Hall–Kier alpha value is -2.59. The fraction of sp³-hybridized carbons (Fsp3) is 0.167. The number of carbonyl (C=O) groups excluding carboxylic acids is 1. The number of hydrogen-bond donors (Lipinski definition) is 3. The number of hydrogen-bond acceptors (Lipinski definition) is 3. The van der Waals surface area contributed by atoms with E-state index in [1.165, 1.54) is 0 Å². The van der Waals surface area contributed by atoms with Crippen molar-refractivity contribution in [3.63, 3.8) is 0 Å². The molecule has 2 aromatic carbocycles. The molecule has 1 amide bonds. The third-order valence-electron chi connectivity index (χ3n) is 3.46. The van der Waals surface area contributed by atoms with Gasteiger partial charge in [0.15, 0.2) is 0 Å². The van der Waals surface area contributed by atoms with Crippen molar-refractivity contribution in [2.24, 2.45) is 5.73 Å². The van der Waals surface area contributed by atoms with Crippen molar-refractivity contribution in [1.82, 2.24) is 5.32 Å². The van der Waals surface area contributed by atoms with Crippen LogP contribution in [0.15, 0.2) is 67.3 Å². The number of carbonyl (C=O) groups is 1. The Kier molecular flexibility index (Phi) is 5.33. The summed E-state index contributed by atoms with van der Waals surface area (Å²) >= 11 is 0. The van der Waals surface area contributed by atoms with Crippen LogP contribution in [0, 0.1) is 0 Å². The van der Waals surface area contributed by atoms with Gasteiger partial charge in [0.2, 0.25) is 5.91 Å². The molecule has 0 saturated heterocycles. The minimum atomic E-state index is -0.717. The molecule has 0 aliphatic rings. The highest BCUT2D eigenvalue weighted by Gasteiger charge is 2.19. The zero-order valence-electron chi connectivity index (χ0n) is 12.3. The van der Waals surface area contributed by atoms with Gasteiger partial charge in [-0.25, -0.2) is 0 Å². The van der Waals surface area contributed by atoms with E-state index in [-0.39, 0.29) is 17.7 Å². The molecule has 2 atom stereocenters. The summed E-state index contributed by atoms with van der Waals surface area (Å²) in [5, 5.41) is 12.3. The molecule has 0 saturated carbocycles. The van der Waals surface area contributed by atoms with Gasteiger partial charge in [0.05, 0.1) is 6.04 Å². The molecule has 0 heterocycles. The quantitative estimate of drug-likeness (QED) is 0.717.